The first kappa shape index (κ1) is 23.3. The van der Waals surface area contributed by atoms with E-state index in [9.17, 15) is 13.6 Å². The number of carbonyl (C=O) groups excluding carboxylic acids is 1. The second kappa shape index (κ2) is 18.7. The van der Waals surface area contributed by atoms with Gasteiger partial charge in [0.15, 0.2) is 0 Å². The van der Waals surface area contributed by atoms with Crippen LogP contribution in [-0.2, 0) is 4.79 Å². The maximum Gasteiger partial charge on any atom is 0.315 e. The lowest BCUT2D eigenvalue weighted by atomic mass is 10.0. The van der Waals surface area contributed by atoms with Crippen molar-refractivity contribution in [3.8, 4) is 0 Å². The van der Waals surface area contributed by atoms with Crippen LogP contribution in [0.15, 0.2) is 0 Å². The molecule has 0 aliphatic heterocycles. The van der Waals surface area contributed by atoms with Gasteiger partial charge in [0.2, 0.25) is 0 Å². The third-order valence-electron chi connectivity index (χ3n) is 4.53. The fourth-order valence-electron chi connectivity index (χ4n) is 2.96. The van der Waals surface area contributed by atoms with E-state index in [1.165, 1.54) is 83.5 Å². The predicted molar refractivity (Wildman–Crippen MR) is 98.6 cm³/mol. The van der Waals surface area contributed by atoms with E-state index in [0.29, 0.717) is 6.54 Å². The second-order valence-electron chi connectivity index (χ2n) is 6.90. The molecule has 0 aromatic carbocycles. The van der Waals surface area contributed by atoms with Crippen molar-refractivity contribution in [2.75, 3.05) is 6.54 Å². The largest absolute Gasteiger partial charge is 0.351 e. The SMILES string of the molecule is CCCCCCCCCCCCCCCCCCNC(=O)C(F)F. The number of hydrogen-bond donors (Lipinski definition) is 1. The molecule has 0 fully saturated rings. The van der Waals surface area contributed by atoms with Crippen LogP contribution in [0.4, 0.5) is 8.78 Å². The molecular weight excluding hydrogens is 308 g/mol. The van der Waals surface area contributed by atoms with E-state index >= 15 is 0 Å². The summed E-state index contributed by atoms with van der Waals surface area (Å²) in [6.07, 6.45) is 17.8. The minimum absolute atomic E-state index is 0.377. The zero-order valence-electron chi connectivity index (χ0n) is 15.8. The van der Waals surface area contributed by atoms with E-state index in [2.05, 4.69) is 12.2 Å². The Hall–Kier alpha value is -0.670. The normalized spacial score (nSPS) is 11.2. The van der Waals surface area contributed by atoms with Gasteiger partial charge in [0, 0.05) is 6.54 Å². The highest BCUT2D eigenvalue weighted by Gasteiger charge is 2.13. The number of nitrogens with one attached hydrogen (secondary N) is 1. The summed E-state index contributed by atoms with van der Waals surface area (Å²) in [5.41, 5.74) is 0. The summed E-state index contributed by atoms with van der Waals surface area (Å²) in [5.74, 6) is -1.14. The Bertz CT molecular complexity index is 272. The van der Waals surface area contributed by atoms with E-state index in [4.69, 9.17) is 0 Å². The molecule has 144 valence electrons. The average Bonchev–Trinajstić information content (AvgIpc) is 2.57. The Labute approximate surface area is 148 Å². The van der Waals surface area contributed by atoms with E-state index in [0.717, 1.165) is 19.3 Å². The topological polar surface area (TPSA) is 29.1 Å². The average molecular weight is 348 g/mol. The van der Waals surface area contributed by atoms with Crippen molar-refractivity contribution in [3.63, 3.8) is 0 Å². The van der Waals surface area contributed by atoms with Gasteiger partial charge < -0.3 is 5.32 Å². The summed E-state index contributed by atoms with van der Waals surface area (Å²) in [7, 11) is 0. The zero-order chi connectivity index (χ0) is 17.9. The number of rotatable bonds is 18. The number of alkyl halides is 2. The number of hydrogen-bond acceptors (Lipinski definition) is 1. The van der Waals surface area contributed by atoms with E-state index in [1.807, 2.05) is 0 Å². The lowest BCUT2D eigenvalue weighted by Crippen LogP contribution is -2.30. The molecule has 0 unspecified atom stereocenters. The van der Waals surface area contributed by atoms with Gasteiger partial charge in [0.05, 0.1) is 0 Å². The van der Waals surface area contributed by atoms with Crippen molar-refractivity contribution in [3.05, 3.63) is 0 Å². The number of amides is 1. The van der Waals surface area contributed by atoms with Gasteiger partial charge >= 0.3 is 6.43 Å². The van der Waals surface area contributed by atoms with Crippen LogP contribution >= 0.6 is 0 Å². The second-order valence-corrected chi connectivity index (χ2v) is 6.90. The molecule has 0 aliphatic rings. The van der Waals surface area contributed by atoms with E-state index < -0.39 is 12.3 Å². The molecular formula is C20H39F2NO. The number of halogens is 2. The van der Waals surface area contributed by atoms with Gasteiger partial charge in [-0.05, 0) is 6.42 Å². The highest BCUT2D eigenvalue weighted by atomic mass is 19.3. The fourth-order valence-corrected chi connectivity index (χ4v) is 2.96. The summed E-state index contributed by atoms with van der Waals surface area (Å²) in [6.45, 7) is 2.64. The minimum atomic E-state index is -2.88. The van der Waals surface area contributed by atoms with Gasteiger partial charge in [-0.1, -0.05) is 103 Å². The van der Waals surface area contributed by atoms with E-state index in [1.54, 1.807) is 0 Å². The Balaban J connectivity index is 3.04. The maximum atomic E-state index is 11.9. The predicted octanol–water partition coefficient (Wildman–Crippen LogP) is 6.63. The van der Waals surface area contributed by atoms with Gasteiger partial charge in [0.25, 0.3) is 5.91 Å². The van der Waals surface area contributed by atoms with Gasteiger partial charge in [-0.3, -0.25) is 4.79 Å². The third kappa shape index (κ3) is 17.7. The molecule has 0 saturated heterocycles. The smallest absolute Gasteiger partial charge is 0.315 e. The van der Waals surface area contributed by atoms with E-state index in [-0.39, 0.29) is 0 Å². The monoisotopic (exact) mass is 347 g/mol. The van der Waals surface area contributed by atoms with Gasteiger partial charge in [-0.2, -0.15) is 8.78 Å². The molecule has 0 heterocycles. The van der Waals surface area contributed by atoms with Crippen molar-refractivity contribution in [1.29, 1.82) is 0 Å². The molecule has 0 bridgehead atoms. The third-order valence-corrected chi connectivity index (χ3v) is 4.53. The molecule has 0 atom stereocenters. The lowest BCUT2D eigenvalue weighted by Gasteiger charge is -2.05. The van der Waals surface area contributed by atoms with Gasteiger partial charge in [0.1, 0.15) is 0 Å². The number of unbranched alkanes of at least 4 members (excludes halogenated alkanes) is 15. The van der Waals surface area contributed by atoms with Crippen molar-refractivity contribution in [2.45, 2.75) is 116 Å². The Morgan fingerprint density at radius 2 is 1.00 bits per heavy atom. The summed E-state index contributed by atoms with van der Waals surface area (Å²) in [5, 5.41) is 2.24. The van der Waals surface area contributed by atoms with Crippen LogP contribution < -0.4 is 5.32 Å². The molecule has 4 heteroatoms. The Kier molecular flexibility index (Phi) is 18.1. The maximum absolute atomic E-state index is 11.9. The summed E-state index contributed by atoms with van der Waals surface area (Å²) >= 11 is 0. The molecule has 0 rings (SSSR count). The molecule has 1 amide bonds. The van der Waals surface area contributed by atoms with Crippen LogP contribution in [0.5, 0.6) is 0 Å². The summed E-state index contributed by atoms with van der Waals surface area (Å²) in [4.78, 5) is 10.6. The van der Waals surface area contributed by atoms with Crippen molar-refractivity contribution < 1.29 is 13.6 Å². The van der Waals surface area contributed by atoms with Crippen LogP contribution in [0.1, 0.15) is 110 Å². The molecule has 1 N–H and O–H groups in total. The molecule has 0 saturated carbocycles. The van der Waals surface area contributed by atoms with Gasteiger partial charge in [-0.25, -0.2) is 0 Å². The van der Waals surface area contributed by atoms with Crippen LogP contribution in [-0.4, -0.2) is 18.9 Å². The van der Waals surface area contributed by atoms with Crippen LogP contribution in [0.3, 0.4) is 0 Å². The van der Waals surface area contributed by atoms with Gasteiger partial charge in [-0.15, -0.1) is 0 Å². The molecule has 0 spiro atoms. The zero-order valence-corrected chi connectivity index (χ0v) is 15.8. The highest BCUT2D eigenvalue weighted by Crippen LogP contribution is 2.13. The van der Waals surface area contributed by atoms with Crippen LogP contribution in [0.25, 0.3) is 0 Å². The van der Waals surface area contributed by atoms with Crippen molar-refractivity contribution in [2.24, 2.45) is 0 Å². The van der Waals surface area contributed by atoms with Crippen LogP contribution in [0.2, 0.25) is 0 Å². The first-order chi connectivity index (χ1) is 11.7. The fraction of sp³-hybridized carbons (Fsp3) is 0.950. The highest BCUT2D eigenvalue weighted by molar-refractivity contribution is 5.78. The van der Waals surface area contributed by atoms with Crippen molar-refractivity contribution >= 4 is 5.91 Å². The Morgan fingerprint density at radius 3 is 1.33 bits per heavy atom. The van der Waals surface area contributed by atoms with Crippen molar-refractivity contribution in [1.82, 2.24) is 5.32 Å². The standard InChI is InChI=1S/C20H39F2NO/c1-2-3-4-5-6-7-8-9-10-11-12-13-14-15-16-17-18-23-20(24)19(21)22/h19H,2-18H2,1H3,(H,23,24). The lowest BCUT2D eigenvalue weighted by molar-refractivity contribution is -0.131. The summed E-state index contributed by atoms with van der Waals surface area (Å²) < 4.78 is 23.9. The molecule has 0 radical (unpaired) electrons. The first-order valence-electron chi connectivity index (χ1n) is 10.2. The molecule has 0 aromatic rings. The first-order valence-corrected chi connectivity index (χ1v) is 10.2. The quantitative estimate of drug-likeness (QED) is 0.277. The minimum Gasteiger partial charge on any atom is -0.351 e. The molecule has 0 aromatic heterocycles. The summed E-state index contributed by atoms with van der Waals surface area (Å²) in [6, 6.07) is 0. The molecule has 24 heavy (non-hydrogen) atoms. The molecule has 2 nitrogen and oxygen atoms in total. The Morgan fingerprint density at radius 1 is 0.667 bits per heavy atom. The molecule has 0 aliphatic carbocycles. The number of carbonyl (C=O) groups is 1. The van der Waals surface area contributed by atoms with Crippen LogP contribution in [0, 0.1) is 0 Å².